The first kappa shape index (κ1) is 23.8. The molecular formula is C23H26F2N2O4S. The zero-order valence-corrected chi connectivity index (χ0v) is 18.7. The van der Waals surface area contributed by atoms with Gasteiger partial charge in [0.25, 0.3) is 5.91 Å². The fraction of sp³-hybridized carbons (Fsp3) is 0.391. The molecule has 0 bridgehead atoms. The van der Waals surface area contributed by atoms with Crippen LogP contribution in [0, 0.1) is 17.6 Å². The van der Waals surface area contributed by atoms with Crippen molar-refractivity contribution in [2.24, 2.45) is 5.92 Å². The van der Waals surface area contributed by atoms with Crippen LogP contribution in [-0.4, -0.2) is 31.5 Å². The van der Waals surface area contributed by atoms with Gasteiger partial charge in [-0.3, -0.25) is 9.59 Å². The summed E-state index contributed by atoms with van der Waals surface area (Å²) in [5.74, 6) is -4.14. The van der Waals surface area contributed by atoms with E-state index in [1.54, 1.807) is 19.9 Å². The molecule has 0 aliphatic heterocycles. The molecule has 1 fully saturated rings. The van der Waals surface area contributed by atoms with Crippen LogP contribution in [0.2, 0.25) is 0 Å². The zero-order valence-electron chi connectivity index (χ0n) is 17.9. The molecule has 0 heterocycles. The molecule has 2 N–H and O–H groups in total. The number of halogens is 2. The van der Waals surface area contributed by atoms with Gasteiger partial charge in [0.15, 0.2) is 9.84 Å². The van der Waals surface area contributed by atoms with E-state index in [0.717, 1.165) is 31.0 Å². The second-order valence-electron chi connectivity index (χ2n) is 8.26. The second-order valence-corrected chi connectivity index (χ2v) is 10.5. The predicted molar refractivity (Wildman–Crippen MR) is 117 cm³/mol. The molecule has 9 heteroatoms. The molecule has 172 valence electrons. The van der Waals surface area contributed by atoms with Crippen LogP contribution in [0.25, 0.3) is 0 Å². The summed E-state index contributed by atoms with van der Waals surface area (Å²) < 4.78 is 53.5. The summed E-state index contributed by atoms with van der Waals surface area (Å²) in [5, 5.41) is 4.56. The summed E-state index contributed by atoms with van der Waals surface area (Å²) in [6.45, 7) is 3.34. The number of benzene rings is 2. The highest BCUT2D eigenvalue weighted by Crippen LogP contribution is 2.30. The summed E-state index contributed by atoms with van der Waals surface area (Å²) in [6, 6.07) is 7.92. The van der Waals surface area contributed by atoms with E-state index in [2.05, 4.69) is 10.6 Å². The Kier molecular flexibility index (Phi) is 7.28. The maximum absolute atomic E-state index is 13.9. The number of rotatable bonds is 7. The van der Waals surface area contributed by atoms with E-state index in [1.165, 1.54) is 18.2 Å². The van der Waals surface area contributed by atoms with E-state index < -0.39 is 56.1 Å². The smallest absolute Gasteiger partial charge is 0.257 e. The lowest BCUT2D eigenvalue weighted by molar-refractivity contribution is -0.118. The minimum atomic E-state index is -3.50. The Morgan fingerprint density at radius 3 is 2.19 bits per heavy atom. The Balaban J connectivity index is 1.77. The van der Waals surface area contributed by atoms with Crippen LogP contribution in [0.1, 0.15) is 49.9 Å². The van der Waals surface area contributed by atoms with Gasteiger partial charge in [0.05, 0.1) is 10.1 Å². The molecule has 0 saturated heterocycles. The van der Waals surface area contributed by atoms with Crippen LogP contribution in [0.15, 0.2) is 47.4 Å². The number of carbonyl (C=O) groups excluding carboxylic acids is 2. The van der Waals surface area contributed by atoms with Crippen molar-refractivity contribution in [1.82, 2.24) is 5.32 Å². The second kappa shape index (κ2) is 9.77. The van der Waals surface area contributed by atoms with Crippen molar-refractivity contribution >= 4 is 27.3 Å². The summed E-state index contributed by atoms with van der Waals surface area (Å²) in [6.07, 6.45) is 2.98. The van der Waals surface area contributed by atoms with Crippen LogP contribution in [-0.2, 0) is 14.6 Å². The molecule has 0 radical (unpaired) electrons. The molecule has 3 rings (SSSR count). The highest BCUT2D eigenvalue weighted by molar-refractivity contribution is 7.92. The molecule has 1 aliphatic carbocycles. The number of carbonyl (C=O) groups is 2. The van der Waals surface area contributed by atoms with Crippen molar-refractivity contribution in [2.75, 3.05) is 5.32 Å². The van der Waals surface area contributed by atoms with E-state index in [1.807, 2.05) is 0 Å². The first-order chi connectivity index (χ1) is 15.1. The van der Waals surface area contributed by atoms with E-state index in [-0.39, 0.29) is 10.6 Å². The molecular weight excluding hydrogens is 438 g/mol. The molecule has 32 heavy (non-hydrogen) atoms. The molecule has 0 unspecified atom stereocenters. The predicted octanol–water partition coefficient (Wildman–Crippen LogP) is 4.07. The Hall–Kier alpha value is -2.81. The third kappa shape index (κ3) is 5.15. The lowest BCUT2D eigenvalue weighted by Gasteiger charge is -2.22. The van der Waals surface area contributed by atoms with E-state index >= 15 is 0 Å². The average molecular weight is 465 g/mol. The van der Waals surface area contributed by atoms with Gasteiger partial charge in [-0.05, 0) is 49.1 Å². The number of amides is 2. The monoisotopic (exact) mass is 464 g/mol. The third-order valence-corrected chi connectivity index (χ3v) is 7.86. The molecule has 0 aromatic heterocycles. The number of anilines is 1. The standard InChI is InChI=1S/C23H26F2N2O4S/c1-14(2)21(27-22(28)20-18(24)11-6-12-19(20)25)23(29)26-15-7-5-10-17(13-15)32(30,31)16-8-3-4-9-16/h5-7,10-14,16,21H,3-4,8-9H2,1-2H3,(H,26,29)(H,27,28)/t21-/m0/s1. The Labute approximate surface area is 186 Å². The zero-order chi connectivity index (χ0) is 23.5. The summed E-state index contributed by atoms with van der Waals surface area (Å²) in [4.78, 5) is 25.4. The maximum Gasteiger partial charge on any atom is 0.257 e. The van der Waals surface area contributed by atoms with Crippen molar-refractivity contribution in [3.8, 4) is 0 Å². The fourth-order valence-electron chi connectivity index (χ4n) is 3.83. The fourth-order valence-corrected chi connectivity index (χ4v) is 5.72. The maximum atomic E-state index is 13.9. The highest BCUT2D eigenvalue weighted by Gasteiger charge is 2.31. The molecule has 2 aromatic rings. The van der Waals surface area contributed by atoms with Crippen molar-refractivity contribution in [1.29, 1.82) is 0 Å². The van der Waals surface area contributed by atoms with Gasteiger partial charge in [-0.25, -0.2) is 17.2 Å². The van der Waals surface area contributed by atoms with Crippen LogP contribution in [0.4, 0.5) is 14.5 Å². The molecule has 1 saturated carbocycles. The van der Waals surface area contributed by atoms with Gasteiger partial charge < -0.3 is 10.6 Å². The first-order valence-corrected chi connectivity index (χ1v) is 12.1. The Morgan fingerprint density at radius 1 is 1.00 bits per heavy atom. The summed E-state index contributed by atoms with van der Waals surface area (Å²) >= 11 is 0. The van der Waals surface area contributed by atoms with Crippen molar-refractivity contribution in [2.45, 2.75) is 55.7 Å². The Morgan fingerprint density at radius 2 is 1.59 bits per heavy atom. The van der Waals surface area contributed by atoms with Gasteiger partial charge in [0.1, 0.15) is 23.2 Å². The molecule has 0 spiro atoms. The van der Waals surface area contributed by atoms with Gasteiger partial charge in [-0.15, -0.1) is 0 Å². The lowest BCUT2D eigenvalue weighted by Crippen LogP contribution is -2.47. The van der Waals surface area contributed by atoms with E-state index in [0.29, 0.717) is 12.8 Å². The molecule has 6 nitrogen and oxygen atoms in total. The molecule has 1 atom stereocenters. The highest BCUT2D eigenvalue weighted by atomic mass is 32.2. The summed E-state index contributed by atoms with van der Waals surface area (Å²) in [7, 11) is -3.50. The quantitative estimate of drug-likeness (QED) is 0.646. The number of sulfone groups is 1. The van der Waals surface area contributed by atoms with Crippen LogP contribution in [0.3, 0.4) is 0 Å². The first-order valence-electron chi connectivity index (χ1n) is 10.5. The third-order valence-electron chi connectivity index (χ3n) is 5.60. The van der Waals surface area contributed by atoms with Crippen molar-refractivity contribution in [3.63, 3.8) is 0 Å². The number of hydrogen-bond donors (Lipinski definition) is 2. The van der Waals surface area contributed by atoms with Gasteiger partial charge in [-0.2, -0.15) is 0 Å². The van der Waals surface area contributed by atoms with Crippen LogP contribution < -0.4 is 10.6 Å². The topological polar surface area (TPSA) is 92.3 Å². The largest absolute Gasteiger partial charge is 0.340 e. The van der Waals surface area contributed by atoms with Crippen molar-refractivity contribution < 1.29 is 26.8 Å². The average Bonchev–Trinajstić information content (AvgIpc) is 3.27. The van der Waals surface area contributed by atoms with Crippen LogP contribution in [0.5, 0.6) is 0 Å². The molecule has 2 aromatic carbocycles. The van der Waals surface area contributed by atoms with Gasteiger partial charge in [0, 0.05) is 5.69 Å². The molecule has 1 aliphatic rings. The number of nitrogens with one attached hydrogen (secondary N) is 2. The molecule has 2 amide bonds. The number of hydrogen-bond acceptors (Lipinski definition) is 4. The van der Waals surface area contributed by atoms with Gasteiger partial charge >= 0.3 is 0 Å². The van der Waals surface area contributed by atoms with Crippen LogP contribution >= 0.6 is 0 Å². The van der Waals surface area contributed by atoms with Gasteiger partial charge in [0.2, 0.25) is 5.91 Å². The minimum absolute atomic E-state index is 0.126. The van der Waals surface area contributed by atoms with Crippen molar-refractivity contribution in [3.05, 3.63) is 59.7 Å². The van der Waals surface area contributed by atoms with E-state index in [9.17, 15) is 26.8 Å². The normalized spacial score (nSPS) is 15.5. The minimum Gasteiger partial charge on any atom is -0.340 e. The summed E-state index contributed by atoms with van der Waals surface area (Å²) in [5.41, 5.74) is -0.512. The Bertz CT molecular complexity index is 1090. The van der Waals surface area contributed by atoms with Gasteiger partial charge in [-0.1, -0.05) is 38.8 Å². The lowest BCUT2D eigenvalue weighted by atomic mass is 10.0. The SMILES string of the molecule is CC(C)[C@H](NC(=O)c1c(F)cccc1F)C(=O)Nc1cccc(S(=O)(=O)C2CCCC2)c1. The van der Waals surface area contributed by atoms with E-state index in [4.69, 9.17) is 0 Å².